The SMILES string of the molecule is C=C1C=CC(Cl)=NN1/C(=C\C)c1cccc(C(F)(F)F)c1. The Morgan fingerprint density at radius 3 is 2.67 bits per heavy atom. The van der Waals surface area contributed by atoms with Crippen molar-refractivity contribution in [3.05, 3.63) is 65.9 Å². The molecule has 0 unspecified atom stereocenters. The second-order valence-electron chi connectivity index (χ2n) is 4.31. The van der Waals surface area contributed by atoms with Gasteiger partial charge in [-0.2, -0.15) is 18.3 Å². The molecule has 1 aliphatic rings. The third kappa shape index (κ3) is 3.36. The van der Waals surface area contributed by atoms with E-state index in [1.807, 2.05) is 0 Å². The first-order chi connectivity index (χ1) is 9.82. The topological polar surface area (TPSA) is 15.6 Å². The van der Waals surface area contributed by atoms with E-state index < -0.39 is 11.7 Å². The fourth-order valence-corrected chi connectivity index (χ4v) is 2.04. The lowest BCUT2D eigenvalue weighted by Gasteiger charge is -2.25. The largest absolute Gasteiger partial charge is 0.416 e. The van der Waals surface area contributed by atoms with E-state index in [0.717, 1.165) is 12.1 Å². The molecule has 1 aromatic carbocycles. The molecule has 0 atom stereocenters. The highest BCUT2D eigenvalue weighted by molar-refractivity contribution is 6.68. The summed E-state index contributed by atoms with van der Waals surface area (Å²) in [4.78, 5) is 0. The number of hydrogen-bond donors (Lipinski definition) is 0. The summed E-state index contributed by atoms with van der Waals surface area (Å²) in [5.41, 5.74) is 0.670. The van der Waals surface area contributed by atoms with Crippen molar-refractivity contribution in [1.29, 1.82) is 0 Å². The molecule has 0 aliphatic carbocycles. The summed E-state index contributed by atoms with van der Waals surface area (Å²) in [7, 11) is 0. The standard InChI is InChI=1S/C15H12ClF3N2/c1-3-13(21-10(2)7-8-14(16)20-21)11-5-4-6-12(9-11)15(17,18)19/h3-9H,2H2,1H3/b13-3-. The van der Waals surface area contributed by atoms with E-state index in [1.165, 1.54) is 11.1 Å². The summed E-state index contributed by atoms with van der Waals surface area (Å²) in [6, 6.07) is 5.04. The van der Waals surface area contributed by atoms with Crippen molar-refractivity contribution in [2.75, 3.05) is 0 Å². The van der Waals surface area contributed by atoms with Crippen LogP contribution in [0.3, 0.4) is 0 Å². The van der Waals surface area contributed by atoms with E-state index in [9.17, 15) is 13.2 Å². The van der Waals surface area contributed by atoms with Gasteiger partial charge in [0.25, 0.3) is 0 Å². The monoisotopic (exact) mass is 312 g/mol. The van der Waals surface area contributed by atoms with Gasteiger partial charge in [0.15, 0.2) is 0 Å². The van der Waals surface area contributed by atoms with Crippen molar-refractivity contribution in [1.82, 2.24) is 5.01 Å². The summed E-state index contributed by atoms with van der Waals surface area (Å²) in [6.07, 6.45) is 0.480. The first-order valence-electron chi connectivity index (χ1n) is 6.08. The molecular formula is C15H12ClF3N2. The quantitative estimate of drug-likeness (QED) is 0.750. The van der Waals surface area contributed by atoms with Crippen molar-refractivity contribution >= 4 is 22.5 Å². The van der Waals surface area contributed by atoms with Gasteiger partial charge in [-0.15, -0.1) is 0 Å². The third-order valence-electron chi connectivity index (χ3n) is 2.87. The van der Waals surface area contributed by atoms with Crippen LogP contribution in [0.2, 0.25) is 0 Å². The molecule has 0 aromatic heterocycles. The normalized spacial score (nSPS) is 16.2. The summed E-state index contributed by atoms with van der Waals surface area (Å²) in [6.45, 7) is 5.52. The Bertz CT molecular complexity index is 657. The zero-order chi connectivity index (χ0) is 15.6. The van der Waals surface area contributed by atoms with Crippen LogP contribution in [0.15, 0.2) is 59.9 Å². The number of alkyl halides is 3. The molecule has 0 saturated heterocycles. The zero-order valence-corrected chi connectivity index (χ0v) is 11.9. The van der Waals surface area contributed by atoms with Gasteiger partial charge in [0.2, 0.25) is 0 Å². The molecule has 0 fully saturated rings. The Morgan fingerprint density at radius 1 is 1.33 bits per heavy atom. The summed E-state index contributed by atoms with van der Waals surface area (Å²) in [5, 5.41) is 5.73. The fraction of sp³-hybridized carbons (Fsp3) is 0.133. The van der Waals surface area contributed by atoms with Crippen molar-refractivity contribution < 1.29 is 13.2 Å². The lowest BCUT2D eigenvalue weighted by atomic mass is 10.1. The first-order valence-corrected chi connectivity index (χ1v) is 6.46. The van der Waals surface area contributed by atoms with Gasteiger partial charge in [-0.05, 0) is 31.2 Å². The van der Waals surface area contributed by atoms with E-state index in [4.69, 9.17) is 11.6 Å². The Kier molecular flexibility index (Phi) is 4.23. The second kappa shape index (κ2) is 5.77. The van der Waals surface area contributed by atoms with Gasteiger partial charge in [-0.25, -0.2) is 5.01 Å². The predicted molar refractivity (Wildman–Crippen MR) is 78.5 cm³/mol. The zero-order valence-electron chi connectivity index (χ0n) is 11.2. The fourth-order valence-electron chi connectivity index (χ4n) is 1.90. The van der Waals surface area contributed by atoms with E-state index in [-0.39, 0.29) is 5.17 Å². The van der Waals surface area contributed by atoms with Crippen LogP contribution in [0.4, 0.5) is 13.2 Å². The van der Waals surface area contributed by atoms with Crippen LogP contribution in [0.5, 0.6) is 0 Å². The number of halogens is 4. The smallest absolute Gasteiger partial charge is 0.233 e. The number of benzene rings is 1. The lowest BCUT2D eigenvalue weighted by Crippen LogP contribution is -2.18. The number of allylic oxidation sites excluding steroid dienone is 3. The molecular weight excluding hydrogens is 301 g/mol. The molecule has 110 valence electrons. The highest BCUT2D eigenvalue weighted by Gasteiger charge is 2.31. The third-order valence-corrected chi connectivity index (χ3v) is 3.07. The Balaban J connectivity index is 2.44. The van der Waals surface area contributed by atoms with Gasteiger partial charge >= 0.3 is 6.18 Å². The average molecular weight is 313 g/mol. The number of hydrogen-bond acceptors (Lipinski definition) is 2. The van der Waals surface area contributed by atoms with Crippen LogP contribution in [0, 0.1) is 0 Å². The minimum atomic E-state index is -4.39. The van der Waals surface area contributed by atoms with Crippen molar-refractivity contribution in [2.45, 2.75) is 13.1 Å². The molecule has 2 nitrogen and oxygen atoms in total. The Hall–Kier alpha value is -2.01. The van der Waals surface area contributed by atoms with Gasteiger partial charge in [0, 0.05) is 5.56 Å². The van der Waals surface area contributed by atoms with Crippen molar-refractivity contribution in [2.24, 2.45) is 5.10 Å². The number of hydrazone groups is 1. The summed E-state index contributed by atoms with van der Waals surface area (Å²) < 4.78 is 38.4. The molecule has 1 heterocycles. The first kappa shape index (κ1) is 15.4. The molecule has 1 aliphatic heterocycles. The van der Waals surface area contributed by atoms with E-state index >= 15 is 0 Å². The Morgan fingerprint density at radius 2 is 2.05 bits per heavy atom. The van der Waals surface area contributed by atoms with Gasteiger partial charge in [0.05, 0.1) is 17.0 Å². The molecule has 0 amide bonds. The molecule has 0 bridgehead atoms. The molecule has 0 saturated carbocycles. The highest BCUT2D eigenvalue weighted by atomic mass is 35.5. The maximum atomic E-state index is 12.8. The predicted octanol–water partition coefficient (Wildman–Crippen LogP) is 5.00. The molecule has 21 heavy (non-hydrogen) atoms. The maximum absolute atomic E-state index is 12.8. The number of nitrogens with zero attached hydrogens (tertiary/aromatic N) is 2. The van der Waals surface area contributed by atoms with E-state index in [1.54, 1.807) is 31.2 Å². The molecule has 0 spiro atoms. The maximum Gasteiger partial charge on any atom is 0.416 e. The van der Waals surface area contributed by atoms with Crippen LogP contribution >= 0.6 is 11.6 Å². The summed E-state index contributed by atoms with van der Waals surface area (Å²) in [5.74, 6) is 0. The minimum Gasteiger partial charge on any atom is -0.233 e. The minimum absolute atomic E-state index is 0.230. The van der Waals surface area contributed by atoms with Crippen molar-refractivity contribution in [3.8, 4) is 0 Å². The number of rotatable bonds is 2. The van der Waals surface area contributed by atoms with Gasteiger partial charge in [0.1, 0.15) is 5.17 Å². The van der Waals surface area contributed by atoms with Crippen molar-refractivity contribution in [3.63, 3.8) is 0 Å². The van der Waals surface area contributed by atoms with Crippen LogP contribution < -0.4 is 0 Å². The molecule has 1 aromatic rings. The van der Waals surface area contributed by atoms with E-state index in [0.29, 0.717) is 17.0 Å². The van der Waals surface area contributed by atoms with Crippen LogP contribution in [-0.2, 0) is 6.18 Å². The molecule has 2 rings (SSSR count). The van der Waals surface area contributed by atoms with Gasteiger partial charge < -0.3 is 0 Å². The van der Waals surface area contributed by atoms with Gasteiger partial charge in [-0.3, -0.25) is 0 Å². The average Bonchev–Trinajstić information content (AvgIpc) is 2.43. The van der Waals surface area contributed by atoms with E-state index in [2.05, 4.69) is 11.7 Å². The molecule has 6 heteroatoms. The highest BCUT2D eigenvalue weighted by Crippen LogP contribution is 2.33. The molecule has 0 N–H and O–H groups in total. The molecule has 0 radical (unpaired) electrons. The van der Waals surface area contributed by atoms with Gasteiger partial charge in [-0.1, -0.05) is 36.4 Å². The lowest BCUT2D eigenvalue weighted by molar-refractivity contribution is -0.137. The Labute approximate surface area is 125 Å². The van der Waals surface area contributed by atoms with Crippen LogP contribution in [0.1, 0.15) is 18.1 Å². The summed E-state index contributed by atoms with van der Waals surface area (Å²) >= 11 is 5.84. The van der Waals surface area contributed by atoms with Crippen LogP contribution in [-0.4, -0.2) is 10.2 Å². The second-order valence-corrected chi connectivity index (χ2v) is 4.70. The van der Waals surface area contributed by atoms with Crippen LogP contribution in [0.25, 0.3) is 5.70 Å².